The van der Waals surface area contributed by atoms with Crippen molar-refractivity contribution in [3.63, 3.8) is 0 Å². The topological polar surface area (TPSA) is 66.4 Å². The van der Waals surface area contributed by atoms with Gasteiger partial charge in [0.05, 0.1) is 0 Å². The molecule has 6 heteroatoms. The molecule has 0 aliphatic carbocycles. The molecule has 0 spiro atoms. The van der Waals surface area contributed by atoms with E-state index in [-0.39, 0.29) is 36.9 Å². The third-order valence-corrected chi connectivity index (χ3v) is 5.90. The van der Waals surface area contributed by atoms with Crippen LogP contribution in [0.15, 0.2) is 0 Å². The van der Waals surface area contributed by atoms with Gasteiger partial charge in [-0.25, -0.2) is 4.79 Å². The molecule has 0 heterocycles. The molecule has 0 saturated carbocycles. The Kier molecular flexibility index (Phi) is 26.7. The Labute approximate surface area is 207 Å². The summed E-state index contributed by atoms with van der Waals surface area (Å²) in [6.07, 6.45) is 22.4. The maximum atomic E-state index is 11.9. The largest absolute Gasteiger partial charge is 1.00 e. The van der Waals surface area contributed by atoms with Crippen molar-refractivity contribution in [3.05, 3.63) is 0 Å². The summed E-state index contributed by atoms with van der Waals surface area (Å²) in [4.78, 5) is 23.0. The van der Waals surface area contributed by atoms with Crippen molar-refractivity contribution in [1.82, 2.24) is 5.32 Å². The number of hydrogen-bond acceptors (Lipinski definition) is 3. The first kappa shape index (κ1) is 31.5. The van der Waals surface area contributed by atoms with E-state index in [0.717, 1.165) is 18.6 Å². The molecule has 0 rings (SSSR count). The number of carbonyl (C=O) groups excluding carboxylic acids is 1. The SMILES string of the molecule is CCCCCCCCCCCCCCCCCC(=O)N[C@@H](CCSC)C(=O)O.[H-].[Na+]. The number of carbonyl (C=O) groups is 2. The van der Waals surface area contributed by atoms with Gasteiger partial charge in [-0.1, -0.05) is 96.8 Å². The van der Waals surface area contributed by atoms with Crippen LogP contribution in [-0.4, -0.2) is 35.0 Å². The first-order chi connectivity index (χ1) is 13.6. The fraction of sp³-hybridized carbons (Fsp3) is 0.913. The normalized spacial score (nSPS) is 11.7. The molecule has 0 saturated heterocycles. The van der Waals surface area contributed by atoms with Crippen molar-refractivity contribution in [2.24, 2.45) is 0 Å². The fourth-order valence-corrected chi connectivity index (χ4v) is 3.89. The summed E-state index contributed by atoms with van der Waals surface area (Å²) >= 11 is 1.60. The molecule has 1 atom stereocenters. The van der Waals surface area contributed by atoms with Crippen LogP contribution in [-0.2, 0) is 9.59 Å². The van der Waals surface area contributed by atoms with Gasteiger partial charge in [-0.3, -0.25) is 4.79 Å². The van der Waals surface area contributed by atoms with Gasteiger partial charge < -0.3 is 11.8 Å². The summed E-state index contributed by atoms with van der Waals surface area (Å²) in [5, 5.41) is 11.8. The van der Waals surface area contributed by atoms with Gasteiger partial charge in [-0.2, -0.15) is 11.8 Å². The Morgan fingerprint density at radius 1 is 0.828 bits per heavy atom. The fourth-order valence-electron chi connectivity index (χ4n) is 3.42. The molecule has 0 radical (unpaired) electrons. The molecule has 0 aromatic rings. The number of amides is 1. The summed E-state index contributed by atoms with van der Waals surface area (Å²) in [6.45, 7) is 2.27. The van der Waals surface area contributed by atoms with E-state index >= 15 is 0 Å². The molecule has 0 bridgehead atoms. The summed E-state index contributed by atoms with van der Waals surface area (Å²) < 4.78 is 0. The van der Waals surface area contributed by atoms with Crippen LogP contribution in [0, 0.1) is 0 Å². The van der Waals surface area contributed by atoms with E-state index in [0.29, 0.717) is 12.8 Å². The predicted octanol–water partition coefficient (Wildman–Crippen LogP) is 3.69. The predicted molar refractivity (Wildman–Crippen MR) is 123 cm³/mol. The standard InChI is InChI=1S/C23H45NO3S.Na.H/c1-3-4-5-6-7-8-9-10-11-12-13-14-15-16-17-18-22(25)24-21(23(26)27)19-20-28-2;;/h21H,3-20H2,1-2H3,(H,24,25)(H,26,27);;/q;+1;-1/t21-;;/m0../s1. The minimum Gasteiger partial charge on any atom is -1.00 e. The Bertz CT molecular complexity index is 389. The van der Waals surface area contributed by atoms with Crippen LogP contribution in [0.2, 0.25) is 0 Å². The first-order valence-electron chi connectivity index (χ1n) is 11.6. The Balaban J connectivity index is -0.00000364. The molecular weight excluding hydrogens is 393 g/mol. The molecule has 4 nitrogen and oxygen atoms in total. The number of carboxylic acid groups (broad SMARTS) is 1. The molecule has 0 aromatic carbocycles. The Morgan fingerprint density at radius 3 is 1.62 bits per heavy atom. The molecule has 1 amide bonds. The zero-order chi connectivity index (χ0) is 20.9. The van der Waals surface area contributed by atoms with Gasteiger partial charge in [0, 0.05) is 6.42 Å². The van der Waals surface area contributed by atoms with E-state index in [1.807, 2.05) is 6.26 Å². The molecule has 0 unspecified atom stereocenters. The van der Waals surface area contributed by atoms with Gasteiger partial charge in [0.25, 0.3) is 0 Å². The molecule has 29 heavy (non-hydrogen) atoms. The number of unbranched alkanes of at least 4 members (excludes halogenated alkanes) is 14. The van der Waals surface area contributed by atoms with Crippen LogP contribution in [0.5, 0.6) is 0 Å². The summed E-state index contributed by atoms with van der Waals surface area (Å²) in [6, 6.07) is -0.740. The zero-order valence-electron chi connectivity index (χ0n) is 20.5. The van der Waals surface area contributed by atoms with Gasteiger partial charge >= 0.3 is 35.5 Å². The van der Waals surface area contributed by atoms with Crippen molar-refractivity contribution >= 4 is 23.6 Å². The molecule has 0 aliphatic rings. The molecule has 0 fully saturated rings. The molecular formula is C23H46NNaO3S. The average Bonchev–Trinajstić information content (AvgIpc) is 2.67. The van der Waals surface area contributed by atoms with Gasteiger partial charge in [0.15, 0.2) is 0 Å². The summed E-state index contributed by atoms with van der Waals surface area (Å²) in [7, 11) is 0. The van der Waals surface area contributed by atoms with Gasteiger partial charge in [-0.05, 0) is 24.9 Å². The number of hydrogen-bond donors (Lipinski definition) is 2. The number of rotatable bonds is 21. The molecule has 0 aromatic heterocycles. The number of thioether (sulfide) groups is 1. The maximum Gasteiger partial charge on any atom is 1.00 e. The van der Waals surface area contributed by atoms with Crippen molar-refractivity contribution < 1.29 is 45.7 Å². The first-order valence-corrected chi connectivity index (χ1v) is 13.0. The van der Waals surface area contributed by atoms with E-state index in [9.17, 15) is 9.59 Å². The monoisotopic (exact) mass is 439 g/mol. The van der Waals surface area contributed by atoms with Crippen molar-refractivity contribution in [1.29, 1.82) is 0 Å². The molecule has 0 aliphatic heterocycles. The number of carboxylic acids is 1. The van der Waals surface area contributed by atoms with Gasteiger partial charge in [0.1, 0.15) is 6.04 Å². The smallest absolute Gasteiger partial charge is 1.00 e. The van der Waals surface area contributed by atoms with Gasteiger partial charge in [-0.15, -0.1) is 0 Å². The van der Waals surface area contributed by atoms with Crippen molar-refractivity contribution in [2.75, 3.05) is 12.0 Å². The second-order valence-electron chi connectivity index (χ2n) is 7.94. The number of nitrogens with one attached hydrogen (secondary N) is 1. The number of aliphatic carboxylic acids is 1. The minimum absolute atomic E-state index is 0. The van der Waals surface area contributed by atoms with Crippen LogP contribution in [0.3, 0.4) is 0 Å². The second kappa shape index (κ2) is 24.6. The van der Waals surface area contributed by atoms with E-state index in [1.165, 1.54) is 83.5 Å². The summed E-state index contributed by atoms with van der Waals surface area (Å²) in [5.41, 5.74) is 0. The van der Waals surface area contributed by atoms with Crippen LogP contribution in [0.4, 0.5) is 0 Å². The minimum atomic E-state index is -0.932. The Hall–Kier alpha value is 0.290. The maximum absolute atomic E-state index is 11.9. The van der Waals surface area contributed by atoms with Crippen LogP contribution in [0.1, 0.15) is 118 Å². The van der Waals surface area contributed by atoms with Crippen molar-refractivity contribution in [2.45, 2.75) is 122 Å². The van der Waals surface area contributed by atoms with E-state index in [4.69, 9.17) is 5.11 Å². The second-order valence-corrected chi connectivity index (χ2v) is 8.93. The van der Waals surface area contributed by atoms with Crippen molar-refractivity contribution in [3.8, 4) is 0 Å². The third-order valence-electron chi connectivity index (χ3n) is 5.25. The quantitative estimate of drug-likeness (QED) is 0.211. The molecule has 2 N–H and O–H groups in total. The average molecular weight is 440 g/mol. The van der Waals surface area contributed by atoms with E-state index < -0.39 is 12.0 Å². The zero-order valence-corrected chi connectivity index (χ0v) is 22.3. The van der Waals surface area contributed by atoms with E-state index in [1.54, 1.807) is 11.8 Å². The van der Waals surface area contributed by atoms with Gasteiger partial charge in [0.2, 0.25) is 5.91 Å². The van der Waals surface area contributed by atoms with Crippen LogP contribution < -0.4 is 34.9 Å². The van der Waals surface area contributed by atoms with Crippen LogP contribution >= 0.6 is 11.8 Å². The van der Waals surface area contributed by atoms with E-state index in [2.05, 4.69) is 12.2 Å². The van der Waals surface area contributed by atoms with Crippen LogP contribution in [0.25, 0.3) is 0 Å². The molecule has 168 valence electrons. The summed E-state index contributed by atoms with van der Waals surface area (Å²) in [5.74, 6) is -0.307. The third kappa shape index (κ3) is 22.8. The Morgan fingerprint density at radius 2 is 1.24 bits per heavy atom.